The molecule has 14 nitrogen and oxygen atoms in total. The minimum atomic E-state index is -0.505. The van der Waals surface area contributed by atoms with Crippen molar-refractivity contribution in [2.75, 3.05) is 0 Å². The van der Waals surface area contributed by atoms with Crippen molar-refractivity contribution in [3.05, 3.63) is 84.7 Å². The van der Waals surface area contributed by atoms with E-state index in [1.165, 1.54) is 0 Å². The van der Waals surface area contributed by atoms with Gasteiger partial charge < -0.3 is 0 Å². The van der Waals surface area contributed by atoms with E-state index in [9.17, 15) is 19.2 Å². The van der Waals surface area contributed by atoms with E-state index in [0.717, 1.165) is 22.0 Å². The largest absolute Gasteiger partial charge is 0.279 e. The predicted octanol–water partition coefficient (Wildman–Crippen LogP) is 2.38. The minimum absolute atomic E-state index is 0.129. The van der Waals surface area contributed by atoms with E-state index in [4.69, 9.17) is 21.6 Å². The van der Waals surface area contributed by atoms with E-state index in [1.54, 1.807) is 46.4 Å². The van der Waals surface area contributed by atoms with Gasteiger partial charge in [-0.25, -0.2) is 19.3 Å². The number of hydrogen-bond acceptors (Lipinski definition) is 10. The van der Waals surface area contributed by atoms with Gasteiger partial charge in [-0.15, -0.1) is 11.6 Å². The van der Waals surface area contributed by atoms with Crippen LogP contribution < -0.4 is 0 Å². The number of hydroxylamine groups is 4. The van der Waals surface area contributed by atoms with Gasteiger partial charge in [0.1, 0.15) is 6.61 Å². The minimum Gasteiger partial charge on any atom is -0.279 e. The lowest BCUT2D eigenvalue weighted by molar-refractivity contribution is -0.191. The molecule has 0 unspecified atom stereocenters. The van der Waals surface area contributed by atoms with Gasteiger partial charge >= 0.3 is 0 Å². The fraction of sp³-hybridized carbons (Fsp3) is 0.231. The number of amides is 4. The van der Waals surface area contributed by atoms with Crippen LogP contribution in [-0.4, -0.2) is 68.5 Å². The van der Waals surface area contributed by atoms with Gasteiger partial charge in [-0.3, -0.25) is 29.2 Å². The number of carbonyl (C=O) groups excluding carboxylic acids is 4. The lowest BCUT2D eigenvalue weighted by Crippen LogP contribution is -2.29. The van der Waals surface area contributed by atoms with Crippen LogP contribution in [0.4, 0.5) is 0 Å². The van der Waals surface area contributed by atoms with Crippen molar-refractivity contribution in [3.8, 4) is 11.6 Å². The molecule has 212 valence electrons. The topological polar surface area (TPSA) is 166 Å². The molecule has 6 rings (SSSR count). The summed E-state index contributed by atoms with van der Waals surface area (Å²) in [5.41, 5.74) is 1.78. The van der Waals surface area contributed by atoms with Crippen LogP contribution in [0.2, 0.25) is 0 Å². The first kappa shape index (κ1) is 29.2. The number of imide groups is 2. The monoisotopic (exact) mass is 580 g/mol. The lowest BCUT2D eigenvalue weighted by atomic mass is 10.3. The van der Waals surface area contributed by atoms with Crippen LogP contribution in [0.25, 0.3) is 11.6 Å². The highest BCUT2D eigenvalue weighted by Gasteiger charge is 2.30. The van der Waals surface area contributed by atoms with Crippen LogP contribution in [-0.2, 0) is 36.5 Å². The van der Waals surface area contributed by atoms with Gasteiger partial charge in [0.05, 0.1) is 0 Å². The molecule has 2 fully saturated rings. The molecule has 2 saturated heterocycles. The summed E-state index contributed by atoms with van der Waals surface area (Å²) in [6.07, 6.45) is 11.1. The van der Waals surface area contributed by atoms with E-state index in [2.05, 4.69) is 20.2 Å². The summed E-state index contributed by atoms with van der Waals surface area (Å²) in [6, 6.07) is 11.1. The Morgan fingerprint density at radius 3 is 1.59 bits per heavy atom. The van der Waals surface area contributed by atoms with Gasteiger partial charge in [0.25, 0.3) is 23.6 Å². The molecule has 0 aromatic carbocycles. The summed E-state index contributed by atoms with van der Waals surface area (Å²) in [6.45, 7) is 0.129. The molecule has 41 heavy (non-hydrogen) atoms. The number of pyridine rings is 2. The second-order valence-electron chi connectivity index (χ2n) is 8.54. The van der Waals surface area contributed by atoms with Gasteiger partial charge in [-0.1, -0.05) is 12.1 Å². The molecular formula is C26H25ClN8O6. The first-order valence-corrected chi connectivity index (χ1v) is 12.9. The first-order chi connectivity index (χ1) is 19.9. The third kappa shape index (κ3) is 7.88. The van der Waals surface area contributed by atoms with E-state index in [0.29, 0.717) is 11.7 Å². The van der Waals surface area contributed by atoms with Crippen molar-refractivity contribution >= 4 is 35.2 Å². The molecule has 0 atom stereocenters. The Morgan fingerprint density at radius 1 is 0.732 bits per heavy atom. The third-order valence-electron chi connectivity index (χ3n) is 5.64. The van der Waals surface area contributed by atoms with Gasteiger partial charge in [0.2, 0.25) is 0 Å². The van der Waals surface area contributed by atoms with Crippen LogP contribution in [0.15, 0.2) is 73.6 Å². The molecule has 2 aliphatic heterocycles. The van der Waals surface area contributed by atoms with Crippen LogP contribution in [0.1, 0.15) is 36.8 Å². The third-order valence-corrected chi connectivity index (χ3v) is 5.95. The van der Waals surface area contributed by atoms with Gasteiger partial charge in [-0.05, 0) is 35.4 Å². The molecule has 4 amide bonds. The number of alkyl halides is 1. The second kappa shape index (κ2) is 14.0. The Bertz CT molecular complexity index is 1430. The Morgan fingerprint density at radius 2 is 1.22 bits per heavy atom. The Kier molecular flexibility index (Phi) is 9.99. The smallest absolute Gasteiger partial charge is 0.254 e. The maximum atomic E-state index is 11.4. The first-order valence-electron chi connectivity index (χ1n) is 12.3. The summed E-state index contributed by atoms with van der Waals surface area (Å²) in [7, 11) is 0. The van der Waals surface area contributed by atoms with Crippen LogP contribution in [0, 0.1) is 0 Å². The number of hydrogen-bond donors (Lipinski definition) is 1. The zero-order chi connectivity index (χ0) is 29.2. The van der Waals surface area contributed by atoms with Crippen molar-refractivity contribution in [1.82, 2.24) is 39.7 Å². The Hall–Kier alpha value is -4.79. The molecule has 0 saturated carbocycles. The Balaban J connectivity index is 0.000000158. The average molecular weight is 581 g/mol. The van der Waals surface area contributed by atoms with Crippen molar-refractivity contribution in [2.24, 2.45) is 0 Å². The summed E-state index contributed by atoms with van der Waals surface area (Å²) < 4.78 is 3.34. The summed E-state index contributed by atoms with van der Waals surface area (Å²) in [4.78, 5) is 56.9. The molecule has 0 aliphatic carbocycles. The van der Waals surface area contributed by atoms with E-state index < -0.39 is 11.8 Å². The number of nitrogens with zero attached hydrogens (tertiary/aromatic N) is 8. The van der Waals surface area contributed by atoms with E-state index >= 15 is 0 Å². The molecule has 2 aliphatic rings. The van der Waals surface area contributed by atoms with E-state index in [1.807, 2.05) is 36.5 Å². The van der Waals surface area contributed by atoms with Crippen LogP contribution >= 0.6 is 11.6 Å². The standard InChI is InChI=1S/C13H12N4O3.C9H8ClN3.C4H5NO3/c18-12-4-5-13(19)17(12)20-9-10-2-3-11(14-8-10)16-7-1-6-15-16;10-6-8-2-3-9(11-7-8)13-5-1-4-12-13;6-3-1-2-4(7)5(3)8/h1-3,6-8H,4-5,9H2;1-5,7H,6H2;8H,1-2H2. The summed E-state index contributed by atoms with van der Waals surface area (Å²) in [5, 5.41) is 17.5. The Labute approximate surface area is 238 Å². The SMILES string of the molecule is ClCc1ccc(-n2cccn2)nc1.O=C1CCC(=O)N1O.O=C1CCC(=O)N1OCc1ccc(-n2cccn2)nc1. The normalized spacial score (nSPS) is 14.6. The quantitative estimate of drug-likeness (QED) is 0.203. The maximum absolute atomic E-state index is 11.4. The van der Waals surface area contributed by atoms with Crippen molar-refractivity contribution in [1.29, 1.82) is 0 Å². The molecule has 0 spiro atoms. The second-order valence-corrected chi connectivity index (χ2v) is 8.81. The molecule has 0 radical (unpaired) electrons. The van der Waals surface area contributed by atoms with Crippen LogP contribution in [0.5, 0.6) is 0 Å². The van der Waals surface area contributed by atoms with Gasteiger partial charge in [-0.2, -0.15) is 20.3 Å². The van der Waals surface area contributed by atoms with E-state index in [-0.39, 0.29) is 49.2 Å². The molecular weight excluding hydrogens is 556 g/mol. The molecule has 4 aromatic heterocycles. The molecule has 0 bridgehead atoms. The number of rotatable bonds is 6. The molecule has 4 aromatic rings. The number of carbonyl (C=O) groups is 4. The fourth-order valence-electron chi connectivity index (χ4n) is 3.48. The van der Waals surface area contributed by atoms with Crippen LogP contribution in [0.3, 0.4) is 0 Å². The summed E-state index contributed by atoms with van der Waals surface area (Å²) >= 11 is 5.64. The zero-order valence-electron chi connectivity index (χ0n) is 21.6. The highest BCUT2D eigenvalue weighted by molar-refractivity contribution is 6.17. The molecule has 1 N–H and O–H groups in total. The molecule has 6 heterocycles. The van der Waals surface area contributed by atoms with Gasteiger partial charge in [0.15, 0.2) is 11.6 Å². The number of aromatic nitrogens is 6. The maximum Gasteiger partial charge on any atom is 0.254 e. The average Bonchev–Trinajstić information content (AvgIpc) is 3.82. The zero-order valence-corrected chi connectivity index (χ0v) is 22.4. The van der Waals surface area contributed by atoms with Crippen molar-refractivity contribution in [3.63, 3.8) is 0 Å². The van der Waals surface area contributed by atoms with Crippen molar-refractivity contribution in [2.45, 2.75) is 38.2 Å². The highest BCUT2D eigenvalue weighted by Crippen LogP contribution is 2.14. The van der Waals surface area contributed by atoms with Gasteiger partial charge in [0, 0.05) is 68.7 Å². The highest BCUT2D eigenvalue weighted by atomic mass is 35.5. The number of halogens is 1. The fourth-order valence-corrected chi connectivity index (χ4v) is 3.64. The summed E-state index contributed by atoms with van der Waals surface area (Å²) in [5.74, 6) is 0.384. The lowest BCUT2D eigenvalue weighted by Gasteiger charge is -2.13. The van der Waals surface area contributed by atoms with Crippen molar-refractivity contribution < 1.29 is 29.2 Å². The molecule has 15 heteroatoms. The predicted molar refractivity (Wildman–Crippen MR) is 141 cm³/mol.